The molecule has 0 atom stereocenters. The first kappa shape index (κ1) is 21.1. The van der Waals surface area contributed by atoms with E-state index in [1.54, 1.807) is 37.2 Å². The average Bonchev–Trinajstić information content (AvgIpc) is 3.16. The first-order chi connectivity index (χ1) is 14.3. The summed E-state index contributed by atoms with van der Waals surface area (Å²) in [5.41, 5.74) is 1.46. The average molecular weight is 406 g/mol. The van der Waals surface area contributed by atoms with Gasteiger partial charge in [0.1, 0.15) is 17.3 Å². The number of amides is 1. The van der Waals surface area contributed by atoms with Crippen LogP contribution in [0.1, 0.15) is 32.0 Å². The smallest absolute Gasteiger partial charge is 0.249 e. The predicted octanol–water partition coefficient (Wildman–Crippen LogP) is 4.23. The highest BCUT2D eigenvalue weighted by atomic mass is 16.5. The van der Waals surface area contributed by atoms with Gasteiger partial charge in [0, 0.05) is 29.8 Å². The van der Waals surface area contributed by atoms with Gasteiger partial charge >= 0.3 is 0 Å². The second kappa shape index (κ2) is 8.82. The number of hydrogen-bond acceptors (Lipinski definition) is 5. The molecular formula is C23H26N4O3. The number of nitrogens with zero attached hydrogens (tertiary/aromatic N) is 3. The fourth-order valence-corrected chi connectivity index (χ4v) is 2.76. The summed E-state index contributed by atoms with van der Waals surface area (Å²) in [6.45, 7) is 6.21. The fourth-order valence-electron chi connectivity index (χ4n) is 2.76. The highest BCUT2D eigenvalue weighted by Gasteiger charge is 2.21. The third-order valence-electron chi connectivity index (χ3n) is 4.40. The van der Waals surface area contributed by atoms with E-state index in [0.29, 0.717) is 23.1 Å². The van der Waals surface area contributed by atoms with Crippen molar-refractivity contribution >= 4 is 17.8 Å². The van der Waals surface area contributed by atoms with E-state index in [9.17, 15) is 4.79 Å². The van der Waals surface area contributed by atoms with Crippen molar-refractivity contribution in [2.45, 2.75) is 26.2 Å². The van der Waals surface area contributed by atoms with Gasteiger partial charge in [-0.05, 0) is 35.9 Å². The first-order valence-electron chi connectivity index (χ1n) is 9.54. The molecule has 0 aliphatic heterocycles. The molecule has 0 bridgehead atoms. The van der Waals surface area contributed by atoms with Crippen molar-refractivity contribution in [3.63, 3.8) is 0 Å². The third kappa shape index (κ3) is 5.05. The monoisotopic (exact) mass is 406 g/mol. The summed E-state index contributed by atoms with van der Waals surface area (Å²) >= 11 is 0. The Morgan fingerprint density at radius 1 is 1.07 bits per heavy atom. The summed E-state index contributed by atoms with van der Waals surface area (Å²) in [5, 5.41) is 7.55. The minimum Gasteiger partial charge on any atom is -0.497 e. The van der Waals surface area contributed by atoms with Crippen molar-refractivity contribution in [2.75, 3.05) is 19.5 Å². The van der Waals surface area contributed by atoms with E-state index in [4.69, 9.17) is 9.47 Å². The number of hydrogen-bond donors (Lipinski definition) is 1. The van der Waals surface area contributed by atoms with Gasteiger partial charge in [0.05, 0.1) is 19.9 Å². The molecule has 0 unspecified atom stereocenters. The molecule has 2 heterocycles. The molecule has 0 spiro atoms. The van der Waals surface area contributed by atoms with Crippen LogP contribution in [0.15, 0.2) is 54.7 Å². The highest BCUT2D eigenvalue weighted by molar-refractivity contribution is 6.01. The maximum Gasteiger partial charge on any atom is 0.249 e. The molecule has 3 aromatic rings. The number of ether oxygens (including phenoxy) is 2. The van der Waals surface area contributed by atoms with Crippen LogP contribution in [0.5, 0.6) is 11.5 Å². The Labute approximate surface area is 176 Å². The van der Waals surface area contributed by atoms with Crippen molar-refractivity contribution in [1.82, 2.24) is 14.8 Å². The normalized spacial score (nSPS) is 11.5. The van der Waals surface area contributed by atoms with Gasteiger partial charge in [0.2, 0.25) is 5.91 Å². The van der Waals surface area contributed by atoms with E-state index >= 15 is 0 Å². The Hall–Kier alpha value is -3.61. The van der Waals surface area contributed by atoms with E-state index in [1.165, 1.54) is 6.08 Å². The summed E-state index contributed by atoms with van der Waals surface area (Å²) in [7, 11) is 3.17. The summed E-state index contributed by atoms with van der Waals surface area (Å²) in [4.78, 5) is 17.0. The van der Waals surface area contributed by atoms with Crippen molar-refractivity contribution in [3.05, 3.63) is 66.0 Å². The van der Waals surface area contributed by atoms with Crippen molar-refractivity contribution in [1.29, 1.82) is 0 Å². The minimum absolute atomic E-state index is 0.174. The van der Waals surface area contributed by atoms with Crippen LogP contribution in [0, 0.1) is 0 Å². The lowest BCUT2D eigenvalue weighted by molar-refractivity contribution is -0.111. The van der Waals surface area contributed by atoms with Gasteiger partial charge in [-0.25, -0.2) is 4.98 Å². The molecule has 0 saturated heterocycles. The second-order valence-electron chi connectivity index (χ2n) is 7.73. The molecule has 3 rings (SSSR count). The number of nitrogens with one attached hydrogen (secondary N) is 1. The molecule has 2 aromatic heterocycles. The summed E-state index contributed by atoms with van der Waals surface area (Å²) in [6, 6.07) is 12.8. The number of anilines is 1. The molecule has 0 saturated carbocycles. The largest absolute Gasteiger partial charge is 0.497 e. The Balaban J connectivity index is 1.86. The molecule has 1 N–H and O–H groups in total. The van der Waals surface area contributed by atoms with E-state index in [0.717, 1.165) is 11.3 Å². The van der Waals surface area contributed by atoms with Crippen LogP contribution in [0.4, 0.5) is 5.82 Å². The Bertz CT molecular complexity index is 1030. The summed E-state index contributed by atoms with van der Waals surface area (Å²) < 4.78 is 12.2. The molecular weight excluding hydrogens is 380 g/mol. The van der Waals surface area contributed by atoms with Crippen molar-refractivity contribution in [2.24, 2.45) is 0 Å². The maximum atomic E-state index is 12.6. The summed E-state index contributed by atoms with van der Waals surface area (Å²) in [6.07, 6.45) is 4.85. The van der Waals surface area contributed by atoms with Gasteiger partial charge < -0.3 is 14.8 Å². The van der Waals surface area contributed by atoms with Crippen LogP contribution in [0.25, 0.3) is 11.9 Å². The van der Waals surface area contributed by atoms with Crippen LogP contribution in [0.3, 0.4) is 0 Å². The van der Waals surface area contributed by atoms with Crippen LogP contribution in [-0.4, -0.2) is 34.9 Å². The zero-order valence-corrected chi connectivity index (χ0v) is 17.8. The van der Waals surface area contributed by atoms with Crippen LogP contribution >= 0.6 is 0 Å². The number of carbonyl (C=O) groups is 1. The van der Waals surface area contributed by atoms with E-state index in [1.807, 2.05) is 36.4 Å². The maximum absolute atomic E-state index is 12.6. The van der Waals surface area contributed by atoms with Gasteiger partial charge in [0.15, 0.2) is 5.82 Å². The zero-order chi connectivity index (χ0) is 21.7. The fraction of sp³-hybridized carbons (Fsp3) is 0.261. The van der Waals surface area contributed by atoms with Gasteiger partial charge in [-0.2, -0.15) is 9.78 Å². The lowest BCUT2D eigenvalue weighted by Crippen LogP contribution is -2.13. The molecule has 0 radical (unpaired) electrons. The number of methoxy groups -OCH3 is 2. The lowest BCUT2D eigenvalue weighted by atomic mass is 9.92. The summed E-state index contributed by atoms with van der Waals surface area (Å²) in [5.74, 6) is 2.20. The van der Waals surface area contributed by atoms with E-state index < -0.39 is 0 Å². The number of pyridine rings is 1. The molecule has 7 nitrogen and oxygen atoms in total. The quantitative estimate of drug-likeness (QED) is 0.620. The van der Waals surface area contributed by atoms with Crippen molar-refractivity contribution < 1.29 is 14.3 Å². The predicted molar refractivity (Wildman–Crippen MR) is 117 cm³/mol. The third-order valence-corrected chi connectivity index (χ3v) is 4.40. The van der Waals surface area contributed by atoms with Gasteiger partial charge in [-0.3, -0.25) is 4.79 Å². The molecule has 1 amide bonds. The highest BCUT2D eigenvalue weighted by Crippen LogP contribution is 2.26. The number of rotatable bonds is 6. The standard InChI is InChI=1S/C23H26N4O3/c1-23(2,3)19-15-21(27(26-19)20-8-6-7-11-24-20)25-22(28)10-9-16-12-17(29-4)14-18(13-16)30-5/h6-15H,1-5H3,(H,25,28)/b10-9+. The molecule has 0 aliphatic carbocycles. The molecule has 7 heteroatoms. The first-order valence-corrected chi connectivity index (χ1v) is 9.54. The topological polar surface area (TPSA) is 78.3 Å². The molecule has 30 heavy (non-hydrogen) atoms. The van der Waals surface area contributed by atoms with Crippen molar-refractivity contribution in [3.8, 4) is 17.3 Å². The zero-order valence-electron chi connectivity index (χ0n) is 17.8. The SMILES string of the molecule is COc1cc(/C=C/C(=O)Nc2cc(C(C)(C)C)nn2-c2ccccn2)cc(OC)c1. The van der Waals surface area contributed by atoms with E-state index in [-0.39, 0.29) is 11.3 Å². The van der Waals surface area contributed by atoms with Crippen LogP contribution in [0.2, 0.25) is 0 Å². The molecule has 0 aliphatic rings. The lowest BCUT2D eigenvalue weighted by Gasteiger charge is -2.13. The minimum atomic E-state index is -0.283. The van der Waals surface area contributed by atoms with Crippen LogP contribution in [-0.2, 0) is 10.2 Å². The Morgan fingerprint density at radius 2 is 1.77 bits per heavy atom. The Morgan fingerprint density at radius 3 is 2.33 bits per heavy atom. The molecule has 156 valence electrons. The molecule has 1 aromatic carbocycles. The van der Waals surface area contributed by atoms with E-state index in [2.05, 4.69) is 36.2 Å². The Kier molecular flexibility index (Phi) is 6.20. The van der Waals surface area contributed by atoms with Gasteiger partial charge in [-0.15, -0.1) is 0 Å². The number of benzene rings is 1. The molecule has 0 fully saturated rings. The second-order valence-corrected chi connectivity index (χ2v) is 7.73. The number of aromatic nitrogens is 3. The van der Waals surface area contributed by atoms with Gasteiger partial charge in [0.25, 0.3) is 0 Å². The number of carbonyl (C=O) groups excluding carboxylic acids is 1. The van der Waals surface area contributed by atoms with Crippen LogP contribution < -0.4 is 14.8 Å². The van der Waals surface area contributed by atoms with Gasteiger partial charge in [-0.1, -0.05) is 26.8 Å².